The minimum Gasteiger partial charge on any atom is -0.496 e. The van der Waals surface area contributed by atoms with Crippen molar-refractivity contribution >= 4 is 11.8 Å². The summed E-state index contributed by atoms with van der Waals surface area (Å²) in [6, 6.07) is 7.74. The van der Waals surface area contributed by atoms with Crippen LogP contribution >= 0.6 is 0 Å². The van der Waals surface area contributed by atoms with Crippen LogP contribution in [0.2, 0.25) is 0 Å². The molecule has 2 saturated heterocycles. The average Bonchev–Trinajstić information content (AvgIpc) is 2.63. The zero-order chi connectivity index (χ0) is 16.9. The monoisotopic (exact) mass is 331 g/mol. The highest BCUT2D eigenvalue weighted by atomic mass is 16.5. The number of para-hydroxylation sites is 1. The lowest BCUT2D eigenvalue weighted by molar-refractivity contribution is -0.143. The fourth-order valence-electron chi connectivity index (χ4n) is 3.51. The minimum absolute atomic E-state index is 0.0163. The topological polar surface area (TPSA) is 61.9 Å². The molecular formula is C18H25N3O3. The Morgan fingerprint density at radius 1 is 1.29 bits per heavy atom. The van der Waals surface area contributed by atoms with Crippen molar-refractivity contribution in [3.8, 4) is 5.75 Å². The van der Waals surface area contributed by atoms with Gasteiger partial charge in [-0.05, 0) is 18.9 Å². The molecule has 6 heteroatoms. The van der Waals surface area contributed by atoms with Gasteiger partial charge in [0.25, 0.3) is 0 Å². The molecule has 0 saturated carbocycles. The van der Waals surface area contributed by atoms with Crippen molar-refractivity contribution in [2.24, 2.45) is 0 Å². The predicted molar refractivity (Wildman–Crippen MR) is 90.7 cm³/mol. The number of benzene rings is 1. The van der Waals surface area contributed by atoms with Gasteiger partial charge in [0.1, 0.15) is 5.75 Å². The van der Waals surface area contributed by atoms with Crippen LogP contribution in [0, 0.1) is 0 Å². The molecule has 130 valence electrons. The van der Waals surface area contributed by atoms with E-state index < -0.39 is 0 Å². The molecule has 2 fully saturated rings. The van der Waals surface area contributed by atoms with E-state index in [1.807, 2.05) is 29.2 Å². The van der Waals surface area contributed by atoms with Gasteiger partial charge < -0.3 is 19.9 Å². The van der Waals surface area contributed by atoms with Crippen LogP contribution in [0.25, 0.3) is 0 Å². The number of hydrogen-bond donors (Lipinski definition) is 1. The van der Waals surface area contributed by atoms with Crippen molar-refractivity contribution in [3.63, 3.8) is 0 Å². The zero-order valence-electron chi connectivity index (χ0n) is 14.2. The molecule has 1 unspecified atom stereocenters. The van der Waals surface area contributed by atoms with E-state index >= 15 is 0 Å². The third kappa shape index (κ3) is 3.53. The van der Waals surface area contributed by atoms with E-state index in [2.05, 4.69) is 5.32 Å². The molecule has 0 aliphatic carbocycles. The van der Waals surface area contributed by atoms with Gasteiger partial charge in [-0.25, -0.2) is 0 Å². The van der Waals surface area contributed by atoms with Crippen LogP contribution in [0.5, 0.6) is 5.75 Å². The van der Waals surface area contributed by atoms with Crippen LogP contribution in [-0.4, -0.2) is 61.4 Å². The lowest BCUT2D eigenvalue weighted by atomic mass is 10.0. The Bertz CT molecular complexity index is 605. The number of likely N-dealkylation sites (tertiary alicyclic amines) is 1. The Morgan fingerprint density at radius 3 is 2.92 bits per heavy atom. The number of carbonyl (C=O) groups excluding carboxylic acids is 2. The zero-order valence-corrected chi connectivity index (χ0v) is 14.2. The van der Waals surface area contributed by atoms with Gasteiger partial charge in [0.15, 0.2) is 0 Å². The number of amides is 2. The first-order valence-corrected chi connectivity index (χ1v) is 8.61. The summed E-state index contributed by atoms with van der Waals surface area (Å²) in [5.74, 6) is 0.902. The molecule has 2 heterocycles. The first-order valence-electron chi connectivity index (χ1n) is 8.61. The van der Waals surface area contributed by atoms with Crippen molar-refractivity contribution in [2.45, 2.75) is 25.3 Å². The normalized spacial score (nSPS) is 21.7. The summed E-state index contributed by atoms with van der Waals surface area (Å²) < 4.78 is 5.46. The lowest BCUT2D eigenvalue weighted by Gasteiger charge is -2.38. The first-order chi connectivity index (χ1) is 11.7. The fourth-order valence-corrected chi connectivity index (χ4v) is 3.51. The molecule has 1 N–H and O–H groups in total. The Hall–Kier alpha value is -2.08. The molecule has 1 aromatic rings. The summed E-state index contributed by atoms with van der Waals surface area (Å²) in [6.07, 6.45) is 2.47. The highest BCUT2D eigenvalue weighted by molar-refractivity contribution is 5.85. The van der Waals surface area contributed by atoms with Gasteiger partial charge in [0.2, 0.25) is 11.8 Å². The number of carbonyl (C=O) groups is 2. The molecule has 2 aliphatic heterocycles. The van der Waals surface area contributed by atoms with Crippen LogP contribution in [0.1, 0.15) is 30.9 Å². The Kier molecular flexibility index (Phi) is 5.35. The number of rotatable bonds is 4. The van der Waals surface area contributed by atoms with E-state index in [9.17, 15) is 9.59 Å². The number of hydrogen-bond acceptors (Lipinski definition) is 4. The van der Waals surface area contributed by atoms with Crippen LogP contribution in [0.4, 0.5) is 0 Å². The fraction of sp³-hybridized carbons (Fsp3) is 0.556. The SMILES string of the molecule is COc1ccccc1C1CNCCN1C(=O)CN1CCCCC1=O. The third-order valence-corrected chi connectivity index (χ3v) is 4.81. The Balaban J connectivity index is 1.76. The maximum Gasteiger partial charge on any atom is 0.242 e. The van der Waals surface area contributed by atoms with Gasteiger partial charge in [0.05, 0.1) is 19.7 Å². The van der Waals surface area contributed by atoms with Gasteiger partial charge in [-0.3, -0.25) is 9.59 Å². The molecule has 0 bridgehead atoms. The van der Waals surface area contributed by atoms with Gasteiger partial charge in [-0.15, -0.1) is 0 Å². The second-order valence-electron chi connectivity index (χ2n) is 6.32. The van der Waals surface area contributed by atoms with Crippen molar-refractivity contribution in [3.05, 3.63) is 29.8 Å². The van der Waals surface area contributed by atoms with Gasteiger partial charge in [-0.2, -0.15) is 0 Å². The van der Waals surface area contributed by atoms with E-state index in [1.165, 1.54) is 0 Å². The third-order valence-electron chi connectivity index (χ3n) is 4.81. The summed E-state index contributed by atoms with van der Waals surface area (Å²) in [7, 11) is 1.65. The van der Waals surface area contributed by atoms with E-state index in [4.69, 9.17) is 4.74 Å². The second-order valence-corrected chi connectivity index (χ2v) is 6.32. The molecule has 2 aliphatic rings. The smallest absolute Gasteiger partial charge is 0.242 e. The number of piperazine rings is 1. The molecule has 1 aromatic carbocycles. The van der Waals surface area contributed by atoms with E-state index in [0.29, 0.717) is 26.1 Å². The van der Waals surface area contributed by atoms with Crippen molar-refractivity contribution in [1.82, 2.24) is 15.1 Å². The Morgan fingerprint density at radius 2 is 2.12 bits per heavy atom. The molecule has 0 spiro atoms. The standard InChI is InChI=1S/C18H25N3O3/c1-24-16-7-3-2-6-14(16)15-12-19-9-11-21(15)18(23)13-20-10-5-4-8-17(20)22/h2-3,6-7,15,19H,4-5,8-13H2,1H3. The van der Waals surface area contributed by atoms with Crippen molar-refractivity contribution < 1.29 is 14.3 Å². The van der Waals surface area contributed by atoms with Crippen molar-refractivity contribution in [2.75, 3.05) is 39.8 Å². The van der Waals surface area contributed by atoms with Gasteiger partial charge in [-0.1, -0.05) is 18.2 Å². The summed E-state index contributed by atoms with van der Waals surface area (Å²) >= 11 is 0. The van der Waals surface area contributed by atoms with Crippen LogP contribution < -0.4 is 10.1 Å². The Labute approximate surface area is 142 Å². The second kappa shape index (κ2) is 7.66. The molecule has 0 radical (unpaired) electrons. The highest BCUT2D eigenvalue weighted by Crippen LogP contribution is 2.30. The molecule has 1 atom stereocenters. The van der Waals surface area contributed by atoms with Gasteiger partial charge in [0, 0.05) is 38.2 Å². The number of methoxy groups -OCH3 is 1. The van der Waals surface area contributed by atoms with Crippen molar-refractivity contribution in [1.29, 1.82) is 0 Å². The molecule has 0 aromatic heterocycles. The molecule has 6 nitrogen and oxygen atoms in total. The van der Waals surface area contributed by atoms with E-state index in [0.717, 1.165) is 30.7 Å². The lowest BCUT2D eigenvalue weighted by Crippen LogP contribution is -2.52. The minimum atomic E-state index is -0.0673. The molecular weight excluding hydrogens is 306 g/mol. The summed E-state index contributed by atoms with van der Waals surface area (Å²) in [4.78, 5) is 28.4. The number of ether oxygens (including phenoxy) is 1. The highest BCUT2D eigenvalue weighted by Gasteiger charge is 2.31. The summed E-state index contributed by atoms with van der Waals surface area (Å²) in [5.41, 5.74) is 1.01. The molecule has 3 rings (SSSR count). The first kappa shape index (κ1) is 16.8. The molecule has 2 amide bonds. The number of piperidine rings is 1. The predicted octanol–water partition coefficient (Wildman–Crippen LogP) is 1.18. The quantitative estimate of drug-likeness (QED) is 0.900. The maximum atomic E-state index is 12.9. The number of nitrogens with one attached hydrogen (secondary N) is 1. The summed E-state index contributed by atoms with van der Waals surface area (Å²) in [6.45, 7) is 2.98. The molecule has 24 heavy (non-hydrogen) atoms. The van der Waals surface area contributed by atoms with Gasteiger partial charge >= 0.3 is 0 Å². The van der Waals surface area contributed by atoms with Crippen LogP contribution in [-0.2, 0) is 9.59 Å². The van der Waals surface area contributed by atoms with Crippen LogP contribution in [0.15, 0.2) is 24.3 Å². The maximum absolute atomic E-state index is 12.9. The average molecular weight is 331 g/mol. The van der Waals surface area contributed by atoms with Crippen LogP contribution in [0.3, 0.4) is 0 Å². The van der Waals surface area contributed by atoms with E-state index in [1.54, 1.807) is 12.0 Å². The largest absolute Gasteiger partial charge is 0.496 e. The van der Waals surface area contributed by atoms with E-state index in [-0.39, 0.29) is 24.4 Å². The summed E-state index contributed by atoms with van der Waals surface area (Å²) in [5, 5.41) is 3.35. The number of nitrogens with zero attached hydrogens (tertiary/aromatic N) is 2.